The second-order valence-electron chi connectivity index (χ2n) is 14.2. The van der Waals surface area contributed by atoms with Gasteiger partial charge in [0.15, 0.2) is 0 Å². The molecule has 4 amide bonds. The van der Waals surface area contributed by atoms with E-state index >= 15 is 0 Å². The summed E-state index contributed by atoms with van der Waals surface area (Å²) in [7, 11) is 3.46. The predicted octanol–water partition coefficient (Wildman–Crippen LogP) is 7.73. The maximum absolute atomic E-state index is 12.6. The molecule has 0 aliphatic rings. The van der Waals surface area contributed by atoms with Crippen molar-refractivity contribution in [3.63, 3.8) is 0 Å². The molecule has 57 heavy (non-hydrogen) atoms. The van der Waals surface area contributed by atoms with Crippen LogP contribution in [0.4, 0.5) is 38.0 Å². The largest absolute Gasteiger partial charge is 0.478 e. The fourth-order valence-electron chi connectivity index (χ4n) is 4.99. The number of rotatable bonds is 11. The van der Waals surface area contributed by atoms with Gasteiger partial charge in [-0.25, -0.2) is 19.2 Å². The number of aromatic carboxylic acids is 2. The van der Waals surface area contributed by atoms with E-state index in [1.807, 2.05) is 0 Å². The Hall–Kier alpha value is -7.10. The summed E-state index contributed by atoms with van der Waals surface area (Å²) in [4.78, 5) is 71.9. The minimum absolute atomic E-state index is 0.0101. The van der Waals surface area contributed by atoms with Gasteiger partial charge >= 0.3 is 24.1 Å². The van der Waals surface area contributed by atoms with E-state index in [2.05, 4.69) is 31.9 Å². The van der Waals surface area contributed by atoms with Crippen LogP contribution in [0.3, 0.4) is 0 Å². The lowest BCUT2D eigenvalue weighted by atomic mass is 10.1. The van der Waals surface area contributed by atoms with Gasteiger partial charge in [-0.1, -0.05) is 24.3 Å². The van der Waals surface area contributed by atoms with Crippen molar-refractivity contribution in [2.75, 3.05) is 40.7 Å². The van der Waals surface area contributed by atoms with E-state index in [1.165, 1.54) is 30.3 Å². The third-order valence-corrected chi connectivity index (χ3v) is 7.45. The minimum Gasteiger partial charge on any atom is -0.478 e. The molecule has 8 N–H and O–H groups in total. The molecule has 0 radical (unpaired) electrons. The minimum atomic E-state index is -1.21. The molecule has 16 heteroatoms. The zero-order valence-electron chi connectivity index (χ0n) is 33.0. The molecule has 0 saturated carbocycles. The number of anilines is 5. The predicted molar refractivity (Wildman–Crippen MR) is 218 cm³/mol. The zero-order valence-corrected chi connectivity index (χ0v) is 33.0. The Morgan fingerprint density at radius 2 is 1.00 bits per heavy atom. The molecule has 0 heterocycles. The number of carbonyl (C=O) groups excluding carboxylic acids is 4. The maximum Gasteiger partial charge on any atom is 0.412 e. The van der Waals surface area contributed by atoms with Crippen LogP contribution >= 0.6 is 0 Å². The van der Waals surface area contributed by atoms with Crippen LogP contribution in [-0.2, 0) is 16.0 Å². The summed E-state index contributed by atoms with van der Waals surface area (Å²) in [5.74, 6) is -3.53. The topological polar surface area (TPSA) is 234 Å². The first-order valence-corrected chi connectivity index (χ1v) is 17.6. The van der Waals surface area contributed by atoms with E-state index in [0.717, 1.165) is 11.3 Å². The second-order valence-corrected chi connectivity index (χ2v) is 14.2. The molecule has 16 nitrogen and oxygen atoms in total. The zero-order chi connectivity index (χ0) is 42.5. The Morgan fingerprint density at radius 1 is 0.526 bits per heavy atom. The lowest BCUT2D eigenvalue weighted by Gasteiger charge is -2.21. The number of carboxylic acid groups (broad SMARTS) is 2. The van der Waals surface area contributed by atoms with Crippen LogP contribution in [0.1, 0.15) is 88.5 Å². The number of carbonyl (C=O) groups is 6. The van der Waals surface area contributed by atoms with Gasteiger partial charge in [0.05, 0.1) is 33.6 Å². The highest BCUT2D eigenvalue weighted by molar-refractivity contribution is 6.12. The molecule has 0 bridgehead atoms. The molecule has 4 aromatic rings. The average Bonchev–Trinajstić information content (AvgIpc) is 3.13. The molecule has 0 aliphatic carbocycles. The summed E-state index contributed by atoms with van der Waals surface area (Å²) in [6.07, 6.45) is -1.23. The van der Waals surface area contributed by atoms with E-state index in [4.69, 9.17) is 9.47 Å². The molecule has 302 valence electrons. The SMILES string of the molecule is CNc1ccc(NC(=O)c2ccccc2C(=O)O)c(NC(=O)OC(C)(C)C)c1.CNc1ccc(NC(=O)c2ccccc2C(=O)O)cc1CNC(=O)OC(C)(C)C. The molecular weight excluding hydrogens is 736 g/mol. The highest BCUT2D eigenvalue weighted by Gasteiger charge is 2.21. The fraction of sp³-hybridized carbons (Fsp3) is 0.268. The number of hydrogen-bond acceptors (Lipinski definition) is 10. The van der Waals surface area contributed by atoms with Gasteiger partial charge in [0, 0.05) is 37.7 Å². The van der Waals surface area contributed by atoms with E-state index in [0.29, 0.717) is 22.7 Å². The van der Waals surface area contributed by atoms with Gasteiger partial charge in [0.2, 0.25) is 0 Å². The second kappa shape index (κ2) is 19.5. The van der Waals surface area contributed by atoms with Crippen LogP contribution in [0.5, 0.6) is 0 Å². The molecule has 0 fully saturated rings. The number of ether oxygens (including phenoxy) is 2. The van der Waals surface area contributed by atoms with Crippen molar-refractivity contribution in [2.24, 2.45) is 0 Å². The molecule has 0 saturated heterocycles. The summed E-state index contributed by atoms with van der Waals surface area (Å²) in [5.41, 5.74) is 1.85. The molecular formula is C41H48N6O10. The number of nitrogens with one attached hydrogen (secondary N) is 6. The summed E-state index contributed by atoms with van der Waals surface area (Å²) >= 11 is 0. The first kappa shape index (κ1) is 44.3. The Bertz CT molecular complexity index is 2120. The van der Waals surface area contributed by atoms with Crippen LogP contribution in [0, 0.1) is 0 Å². The number of carboxylic acids is 2. The highest BCUT2D eigenvalue weighted by atomic mass is 16.6. The van der Waals surface area contributed by atoms with Gasteiger partial charge in [-0.3, -0.25) is 14.9 Å². The van der Waals surface area contributed by atoms with E-state index < -0.39 is 47.1 Å². The van der Waals surface area contributed by atoms with Crippen molar-refractivity contribution >= 4 is 64.4 Å². The fourth-order valence-corrected chi connectivity index (χ4v) is 4.99. The Labute approximate surface area is 330 Å². The lowest BCUT2D eigenvalue weighted by Crippen LogP contribution is -2.32. The molecule has 0 aliphatic heterocycles. The quantitative estimate of drug-likeness (QED) is 0.0730. The van der Waals surface area contributed by atoms with Crippen LogP contribution in [0.25, 0.3) is 0 Å². The third-order valence-electron chi connectivity index (χ3n) is 7.45. The molecule has 0 atom stereocenters. The molecule has 0 spiro atoms. The standard InChI is InChI=1S/C21H25N3O5.C20H23N3O5/c1-21(2,3)29-20(28)23-12-13-11-14(9-10-17(13)22-4)24-18(25)15-7-5-6-8-16(15)19(26)27;1-20(2,3)28-19(27)23-16-11-12(21-4)9-10-15(16)22-17(24)13-7-5-6-8-14(13)18(25)26/h5-11,22H,12H2,1-4H3,(H,23,28)(H,24,25)(H,26,27);5-11,21H,1-4H3,(H,22,24)(H,23,27)(H,25,26). The third kappa shape index (κ3) is 13.9. The lowest BCUT2D eigenvalue weighted by molar-refractivity contribution is 0.0521. The van der Waals surface area contributed by atoms with Crippen molar-refractivity contribution in [1.82, 2.24) is 5.32 Å². The van der Waals surface area contributed by atoms with Crippen molar-refractivity contribution in [3.8, 4) is 0 Å². The highest BCUT2D eigenvalue weighted by Crippen LogP contribution is 2.28. The first-order valence-electron chi connectivity index (χ1n) is 17.6. The van der Waals surface area contributed by atoms with Crippen molar-refractivity contribution in [1.29, 1.82) is 0 Å². The molecule has 0 unspecified atom stereocenters. The maximum atomic E-state index is 12.6. The molecule has 4 aromatic carbocycles. The van der Waals surface area contributed by atoms with Crippen molar-refractivity contribution < 1.29 is 48.5 Å². The van der Waals surface area contributed by atoms with Gasteiger partial charge in [-0.2, -0.15) is 0 Å². The Kier molecular flexibility index (Phi) is 15.1. The Balaban J connectivity index is 0.000000306. The number of amides is 4. The summed E-state index contributed by atoms with van der Waals surface area (Å²) in [6, 6.07) is 21.9. The van der Waals surface area contributed by atoms with Gasteiger partial charge in [0.25, 0.3) is 11.8 Å². The smallest absolute Gasteiger partial charge is 0.412 e. The number of benzene rings is 4. The van der Waals surface area contributed by atoms with Crippen LogP contribution in [-0.4, -0.2) is 71.4 Å². The normalized spacial score (nSPS) is 10.7. The van der Waals surface area contributed by atoms with Gasteiger partial charge < -0.3 is 46.3 Å². The van der Waals surface area contributed by atoms with Crippen molar-refractivity contribution in [2.45, 2.75) is 59.3 Å². The average molecular weight is 785 g/mol. The number of hydrogen-bond donors (Lipinski definition) is 8. The van der Waals surface area contributed by atoms with Gasteiger partial charge in [-0.05, 0) is 108 Å². The van der Waals surface area contributed by atoms with Crippen molar-refractivity contribution in [3.05, 3.63) is 113 Å². The molecule has 4 rings (SSSR count). The summed E-state index contributed by atoms with van der Waals surface area (Å²) < 4.78 is 10.5. The van der Waals surface area contributed by atoms with Gasteiger partial charge in [0.1, 0.15) is 11.2 Å². The van der Waals surface area contributed by atoms with Crippen LogP contribution < -0.4 is 31.9 Å². The number of alkyl carbamates (subject to hydrolysis) is 1. The Morgan fingerprint density at radius 3 is 1.49 bits per heavy atom. The van der Waals surface area contributed by atoms with Crippen LogP contribution in [0.2, 0.25) is 0 Å². The first-order chi connectivity index (χ1) is 26.7. The van der Waals surface area contributed by atoms with E-state index in [-0.39, 0.29) is 28.8 Å². The summed E-state index contributed by atoms with van der Waals surface area (Å²) in [5, 5.41) is 35.1. The summed E-state index contributed by atoms with van der Waals surface area (Å²) in [6.45, 7) is 10.7. The van der Waals surface area contributed by atoms with E-state index in [1.54, 1.807) is 110 Å². The van der Waals surface area contributed by atoms with Gasteiger partial charge in [-0.15, -0.1) is 0 Å². The molecule has 0 aromatic heterocycles. The van der Waals surface area contributed by atoms with E-state index in [9.17, 15) is 39.0 Å². The monoisotopic (exact) mass is 784 g/mol. The van der Waals surface area contributed by atoms with Crippen LogP contribution in [0.15, 0.2) is 84.9 Å².